The Morgan fingerprint density at radius 2 is 1.14 bits per heavy atom. The second-order valence-corrected chi connectivity index (χ2v) is 8.01. The van der Waals surface area contributed by atoms with Gasteiger partial charge in [-0.05, 0) is 25.0 Å². The van der Waals surface area contributed by atoms with Crippen LogP contribution < -0.4 is 9.47 Å². The lowest BCUT2D eigenvalue weighted by molar-refractivity contribution is -0.137. The molecule has 0 fully saturated rings. The van der Waals surface area contributed by atoms with Crippen molar-refractivity contribution in [3.05, 3.63) is 23.2 Å². The summed E-state index contributed by atoms with van der Waals surface area (Å²) in [5, 5.41) is 0.433. The molecule has 4 nitrogen and oxygen atoms in total. The van der Waals surface area contributed by atoms with Crippen LogP contribution in [0.1, 0.15) is 104 Å². The van der Waals surface area contributed by atoms with Crippen molar-refractivity contribution in [1.29, 1.82) is 0 Å². The lowest BCUT2D eigenvalue weighted by Gasteiger charge is -2.11. The van der Waals surface area contributed by atoms with E-state index in [1.807, 2.05) is 0 Å². The maximum absolute atomic E-state index is 12.1. The molecule has 0 radical (unpaired) electrons. The molecule has 0 N–H and O–H groups in total. The number of halogens is 1. The van der Waals surface area contributed by atoms with Crippen LogP contribution in [0.4, 0.5) is 0 Å². The van der Waals surface area contributed by atoms with Gasteiger partial charge in [0.05, 0.1) is 0 Å². The largest absolute Gasteiger partial charge is 0.423 e. The molecule has 0 aliphatic rings. The van der Waals surface area contributed by atoms with Crippen molar-refractivity contribution in [2.75, 3.05) is 0 Å². The van der Waals surface area contributed by atoms with Crippen LogP contribution in [0.5, 0.6) is 11.5 Å². The highest BCUT2D eigenvalue weighted by molar-refractivity contribution is 6.30. The third-order valence-electron chi connectivity index (χ3n) is 4.82. The lowest BCUT2D eigenvalue weighted by atomic mass is 10.1. The average molecular weight is 425 g/mol. The first-order chi connectivity index (χ1) is 14.1. The summed E-state index contributed by atoms with van der Waals surface area (Å²) in [6, 6.07) is 4.73. The number of esters is 2. The van der Waals surface area contributed by atoms with Crippen molar-refractivity contribution in [1.82, 2.24) is 0 Å². The summed E-state index contributed by atoms with van der Waals surface area (Å²) in [5.41, 5.74) is 0. The first-order valence-corrected chi connectivity index (χ1v) is 11.7. The number of benzene rings is 1. The lowest BCUT2D eigenvalue weighted by Crippen LogP contribution is -2.12. The second kappa shape index (κ2) is 16.3. The van der Waals surface area contributed by atoms with Crippen molar-refractivity contribution < 1.29 is 19.1 Å². The summed E-state index contributed by atoms with van der Waals surface area (Å²) in [4.78, 5) is 24.3. The van der Waals surface area contributed by atoms with Gasteiger partial charge in [0.25, 0.3) is 0 Å². The van der Waals surface area contributed by atoms with Crippen molar-refractivity contribution in [3.63, 3.8) is 0 Å². The molecule has 0 aliphatic carbocycles. The van der Waals surface area contributed by atoms with Crippen LogP contribution in [0.2, 0.25) is 5.02 Å². The van der Waals surface area contributed by atoms with Gasteiger partial charge in [-0.2, -0.15) is 0 Å². The van der Waals surface area contributed by atoms with Gasteiger partial charge in [-0.25, -0.2) is 0 Å². The predicted molar refractivity (Wildman–Crippen MR) is 119 cm³/mol. The van der Waals surface area contributed by atoms with Gasteiger partial charge in [-0.15, -0.1) is 0 Å². The predicted octanol–water partition coefficient (Wildman–Crippen LogP) is 7.65. The fourth-order valence-electron chi connectivity index (χ4n) is 3.09. The fourth-order valence-corrected chi connectivity index (χ4v) is 3.25. The highest BCUT2D eigenvalue weighted by atomic mass is 35.5. The molecule has 0 saturated carbocycles. The van der Waals surface area contributed by atoms with Crippen LogP contribution in [0.3, 0.4) is 0 Å². The van der Waals surface area contributed by atoms with E-state index in [4.69, 9.17) is 21.1 Å². The van der Waals surface area contributed by atoms with Crippen LogP contribution in [0, 0.1) is 0 Å². The van der Waals surface area contributed by atoms with Gasteiger partial charge in [-0.3, -0.25) is 9.59 Å². The number of carbonyl (C=O) groups is 2. The summed E-state index contributed by atoms with van der Waals surface area (Å²) in [5.74, 6) is -0.168. The van der Waals surface area contributed by atoms with E-state index in [0.717, 1.165) is 38.5 Å². The summed E-state index contributed by atoms with van der Waals surface area (Å²) >= 11 is 6.02. The number of rotatable bonds is 16. The Kier molecular flexibility index (Phi) is 14.3. The molecule has 0 unspecified atom stereocenters. The standard InChI is InChI=1S/C24H37ClO4/c1-3-5-7-9-11-13-15-23(26)28-21-18-17-20(25)19-22(21)29-24(27)16-14-12-10-8-6-4-2/h17-19H,3-16H2,1-2H3. The molecule has 0 amide bonds. The van der Waals surface area contributed by atoms with Crippen LogP contribution in [-0.2, 0) is 9.59 Å². The van der Waals surface area contributed by atoms with E-state index in [2.05, 4.69) is 13.8 Å². The Morgan fingerprint density at radius 3 is 1.66 bits per heavy atom. The van der Waals surface area contributed by atoms with Gasteiger partial charge < -0.3 is 9.47 Å². The van der Waals surface area contributed by atoms with Crippen molar-refractivity contribution in [3.8, 4) is 11.5 Å². The van der Waals surface area contributed by atoms with E-state index < -0.39 is 0 Å². The van der Waals surface area contributed by atoms with Crippen LogP contribution in [0.15, 0.2) is 18.2 Å². The van der Waals surface area contributed by atoms with Crippen molar-refractivity contribution in [2.24, 2.45) is 0 Å². The Labute approximate surface area is 181 Å². The van der Waals surface area contributed by atoms with Gasteiger partial charge in [0.15, 0.2) is 11.5 Å². The Morgan fingerprint density at radius 1 is 0.690 bits per heavy atom. The third-order valence-corrected chi connectivity index (χ3v) is 5.06. The molecule has 0 spiro atoms. The van der Waals surface area contributed by atoms with Gasteiger partial charge in [-0.1, -0.05) is 89.7 Å². The van der Waals surface area contributed by atoms with E-state index in [1.165, 1.54) is 44.6 Å². The normalized spacial score (nSPS) is 10.7. The minimum atomic E-state index is -0.323. The molecule has 1 aromatic rings. The number of ether oxygens (including phenoxy) is 2. The molecular formula is C24H37ClO4. The zero-order valence-corrected chi connectivity index (χ0v) is 18.9. The molecule has 1 rings (SSSR count). The highest BCUT2D eigenvalue weighted by Crippen LogP contribution is 2.31. The fraction of sp³-hybridized carbons (Fsp3) is 0.667. The first kappa shape index (κ1) is 25.5. The molecular weight excluding hydrogens is 388 g/mol. The van der Waals surface area contributed by atoms with E-state index in [0.29, 0.717) is 17.9 Å². The second-order valence-electron chi connectivity index (χ2n) is 7.57. The molecule has 0 saturated heterocycles. The number of carbonyl (C=O) groups excluding carboxylic acids is 2. The van der Waals surface area contributed by atoms with Gasteiger partial charge >= 0.3 is 11.9 Å². The topological polar surface area (TPSA) is 52.6 Å². The summed E-state index contributed by atoms with van der Waals surface area (Å²) in [7, 11) is 0. The Hall–Kier alpha value is -1.55. The molecule has 1 aromatic carbocycles. The molecule has 164 valence electrons. The molecule has 5 heteroatoms. The zero-order chi connectivity index (χ0) is 21.3. The van der Waals surface area contributed by atoms with Gasteiger partial charge in [0.2, 0.25) is 0 Å². The monoisotopic (exact) mass is 424 g/mol. The SMILES string of the molecule is CCCCCCCCC(=O)Oc1ccc(Cl)cc1OC(=O)CCCCCCCC. The summed E-state index contributed by atoms with van der Waals surface area (Å²) in [6.07, 6.45) is 14.0. The molecule has 0 aliphatic heterocycles. The molecule has 0 aromatic heterocycles. The maximum atomic E-state index is 12.1. The van der Waals surface area contributed by atoms with E-state index in [9.17, 15) is 9.59 Å². The van der Waals surface area contributed by atoms with E-state index >= 15 is 0 Å². The molecule has 0 bridgehead atoms. The Bertz CT molecular complexity index is 601. The summed E-state index contributed by atoms with van der Waals surface area (Å²) < 4.78 is 10.8. The first-order valence-electron chi connectivity index (χ1n) is 11.3. The Balaban J connectivity index is 2.42. The number of hydrogen-bond acceptors (Lipinski definition) is 4. The van der Waals surface area contributed by atoms with Crippen molar-refractivity contribution in [2.45, 2.75) is 104 Å². The molecule has 0 heterocycles. The minimum Gasteiger partial charge on any atom is -0.423 e. The summed E-state index contributed by atoms with van der Waals surface area (Å²) in [6.45, 7) is 4.36. The smallest absolute Gasteiger partial charge is 0.311 e. The van der Waals surface area contributed by atoms with Crippen molar-refractivity contribution >= 4 is 23.5 Å². The number of unbranched alkanes of at least 4 members (excludes halogenated alkanes) is 10. The zero-order valence-electron chi connectivity index (χ0n) is 18.1. The maximum Gasteiger partial charge on any atom is 0.311 e. The third kappa shape index (κ3) is 12.6. The average Bonchev–Trinajstić information content (AvgIpc) is 2.69. The van der Waals surface area contributed by atoms with Gasteiger partial charge in [0, 0.05) is 23.9 Å². The highest BCUT2D eigenvalue weighted by Gasteiger charge is 2.14. The van der Waals surface area contributed by atoms with Crippen LogP contribution in [0.25, 0.3) is 0 Å². The van der Waals surface area contributed by atoms with E-state index in [-0.39, 0.29) is 23.4 Å². The number of hydrogen-bond donors (Lipinski definition) is 0. The van der Waals surface area contributed by atoms with Crippen LogP contribution >= 0.6 is 11.6 Å². The quantitative estimate of drug-likeness (QED) is 0.155. The van der Waals surface area contributed by atoms with Crippen LogP contribution in [-0.4, -0.2) is 11.9 Å². The van der Waals surface area contributed by atoms with Gasteiger partial charge in [0.1, 0.15) is 0 Å². The minimum absolute atomic E-state index is 0.213. The molecule has 0 atom stereocenters. The molecule has 29 heavy (non-hydrogen) atoms. The van der Waals surface area contributed by atoms with E-state index in [1.54, 1.807) is 12.1 Å².